The predicted octanol–water partition coefficient (Wildman–Crippen LogP) is 0.736. The smallest absolute Gasteiger partial charge is 0.316 e. The molecule has 106 valence electrons. The molecule has 6 nitrogen and oxygen atoms in total. The molecular formula is C12H19N3O3S. The average Bonchev–Trinajstić information content (AvgIpc) is 2.75. The molecule has 0 aliphatic heterocycles. The average molecular weight is 285 g/mol. The largest absolute Gasteiger partial charge is 0.481 e. The fraction of sp³-hybridized carbons (Fsp3) is 0.500. The molecule has 0 unspecified atom stereocenters. The topological polar surface area (TPSA) is 81.7 Å². The second-order valence-corrected chi connectivity index (χ2v) is 5.49. The van der Waals surface area contributed by atoms with E-state index in [0.717, 1.165) is 9.75 Å². The number of aliphatic carboxylic acids is 1. The number of rotatable bonds is 7. The fourth-order valence-corrected chi connectivity index (χ4v) is 2.37. The van der Waals surface area contributed by atoms with Crippen LogP contribution in [-0.2, 0) is 17.8 Å². The maximum absolute atomic E-state index is 11.2. The van der Waals surface area contributed by atoms with Gasteiger partial charge in [0, 0.05) is 43.5 Å². The molecule has 0 spiro atoms. The summed E-state index contributed by atoms with van der Waals surface area (Å²) in [6, 6.07) is 3.65. The molecule has 0 aromatic carbocycles. The Hall–Kier alpha value is -1.60. The van der Waals surface area contributed by atoms with Gasteiger partial charge in [-0.2, -0.15) is 0 Å². The van der Waals surface area contributed by atoms with Gasteiger partial charge in [-0.3, -0.25) is 4.79 Å². The lowest BCUT2D eigenvalue weighted by molar-refractivity contribution is -0.136. The first kappa shape index (κ1) is 15.5. The van der Waals surface area contributed by atoms with E-state index in [1.54, 1.807) is 14.1 Å². The fourth-order valence-electron chi connectivity index (χ4n) is 1.39. The number of carboxylic acid groups (broad SMARTS) is 1. The van der Waals surface area contributed by atoms with Crippen LogP contribution in [0.4, 0.5) is 4.79 Å². The maximum Gasteiger partial charge on any atom is 0.316 e. The van der Waals surface area contributed by atoms with Crippen molar-refractivity contribution in [3.8, 4) is 0 Å². The molecule has 0 aliphatic carbocycles. The number of nitrogens with one attached hydrogen (secondary N) is 2. The van der Waals surface area contributed by atoms with Crippen molar-refractivity contribution in [1.29, 1.82) is 0 Å². The van der Waals surface area contributed by atoms with Crippen LogP contribution >= 0.6 is 11.3 Å². The summed E-state index contributed by atoms with van der Waals surface area (Å²) >= 11 is 1.49. The normalized spacial score (nSPS) is 10.2. The monoisotopic (exact) mass is 285 g/mol. The Bertz CT molecular complexity index is 432. The van der Waals surface area contributed by atoms with Crippen molar-refractivity contribution in [1.82, 2.24) is 15.5 Å². The van der Waals surface area contributed by atoms with E-state index in [9.17, 15) is 9.59 Å². The summed E-state index contributed by atoms with van der Waals surface area (Å²) in [6.45, 7) is 1.91. The molecule has 0 bridgehead atoms. The molecule has 19 heavy (non-hydrogen) atoms. The lowest BCUT2D eigenvalue weighted by Gasteiger charge is -2.11. The first-order chi connectivity index (χ1) is 8.99. The highest BCUT2D eigenvalue weighted by atomic mass is 32.1. The second-order valence-electron chi connectivity index (χ2n) is 4.24. The number of hydrogen-bond acceptors (Lipinski definition) is 4. The van der Waals surface area contributed by atoms with Gasteiger partial charge in [0.15, 0.2) is 0 Å². The first-order valence-electron chi connectivity index (χ1n) is 5.94. The van der Waals surface area contributed by atoms with Crippen LogP contribution in [0.5, 0.6) is 0 Å². The van der Waals surface area contributed by atoms with Crippen molar-refractivity contribution in [2.75, 3.05) is 27.2 Å². The molecule has 1 aromatic rings. The van der Waals surface area contributed by atoms with E-state index < -0.39 is 5.97 Å². The minimum atomic E-state index is -0.812. The number of urea groups is 1. The molecule has 0 saturated heterocycles. The SMILES string of the molecule is CN(C)C(=O)NCCNCc1ccc(CC(=O)O)s1. The van der Waals surface area contributed by atoms with Crippen molar-refractivity contribution in [3.63, 3.8) is 0 Å². The zero-order chi connectivity index (χ0) is 14.3. The van der Waals surface area contributed by atoms with Crippen LogP contribution in [0.15, 0.2) is 12.1 Å². The van der Waals surface area contributed by atoms with Gasteiger partial charge >= 0.3 is 12.0 Å². The second kappa shape index (κ2) is 7.75. The van der Waals surface area contributed by atoms with Crippen molar-refractivity contribution in [2.24, 2.45) is 0 Å². The molecule has 3 N–H and O–H groups in total. The molecule has 0 atom stereocenters. The van der Waals surface area contributed by atoms with Gasteiger partial charge in [-0.1, -0.05) is 0 Å². The number of amides is 2. The van der Waals surface area contributed by atoms with Crippen LogP contribution in [0.2, 0.25) is 0 Å². The molecule has 0 saturated carbocycles. The summed E-state index contributed by atoms with van der Waals surface area (Å²) in [5.41, 5.74) is 0. The lowest BCUT2D eigenvalue weighted by Crippen LogP contribution is -2.38. The molecule has 1 aromatic heterocycles. The van der Waals surface area contributed by atoms with Crippen molar-refractivity contribution >= 4 is 23.3 Å². The highest BCUT2D eigenvalue weighted by Crippen LogP contribution is 2.16. The Morgan fingerprint density at radius 2 is 1.95 bits per heavy atom. The quantitative estimate of drug-likeness (QED) is 0.645. The summed E-state index contributed by atoms with van der Waals surface area (Å²) in [7, 11) is 3.39. The Labute approximate surface area is 116 Å². The zero-order valence-corrected chi connectivity index (χ0v) is 11.9. The van der Waals surface area contributed by atoms with Gasteiger partial charge < -0.3 is 20.6 Å². The van der Waals surface area contributed by atoms with Crippen molar-refractivity contribution in [2.45, 2.75) is 13.0 Å². The molecular weight excluding hydrogens is 266 g/mol. The van der Waals surface area contributed by atoms with Crippen LogP contribution < -0.4 is 10.6 Å². The molecule has 1 heterocycles. The van der Waals surface area contributed by atoms with Crippen LogP contribution in [0.1, 0.15) is 9.75 Å². The number of carbonyl (C=O) groups excluding carboxylic acids is 1. The summed E-state index contributed by atoms with van der Waals surface area (Å²) in [6.07, 6.45) is 0.0730. The van der Waals surface area contributed by atoms with E-state index in [1.807, 2.05) is 12.1 Å². The van der Waals surface area contributed by atoms with E-state index in [-0.39, 0.29) is 12.5 Å². The van der Waals surface area contributed by atoms with E-state index in [4.69, 9.17) is 5.11 Å². The van der Waals surface area contributed by atoms with Gasteiger partial charge in [-0.15, -0.1) is 11.3 Å². The number of carbonyl (C=O) groups is 2. The Balaban J connectivity index is 2.17. The predicted molar refractivity (Wildman–Crippen MR) is 74.5 cm³/mol. The highest BCUT2D eigenvalue weighted by molar-refractivity contribution is 7.12. The summed E-state index contributed by atoms with van der Waals surface area (Å²) in [4.78, 5) is 25.2. The van der Waals surface area contributed by atoms with E-state index in [0.29, 0.717) is 19.6 Å². The van der Waals surface area contributed by atoms with Crippen LogP contribution in [0, 0.1) is 0 Å². The molecule has 7 heteroatoms. The van der Waals surface area contributed by atoms with E-state index in [1.165, 1.54) is 16.2 Å². The lowest BCUT2D eigenvalue weighted by atomic mass is 10.3. The number of thiophene rings is 1. The molecule has 0 radical (unpaired) electrons. The van der Waals surface area contributed by atoms with Crippen LogP contribution in [0.25, 0.3) is 0 Å². The van der Waals surface area contributed by atoms with Gasteiger partial charge in [0.1, 0.15) is 0 Å². The highest BCUT2D eigenvalue weighted by Gasteiger charge is 2.04. The number of hydrogen-bond donors (Lipinski definition) is 3. The van der Waals surface area contributed by atoms with Crippen molar-refractivity contribution in [3.05, 3.63) is 21.9 Å². The number of nitrogens with zero attached hydrogens (tertiary/aromatic N) is 1. The van der Waals surface area contributed by atoms with Gasteiger partial charge in [0.25, 0.3) is 0 Å². The first-order valence-corrected chi connectivity index (χ1v) is 6.76. The third-order valence-corrected chi connectivity index (χ3v) is 3.41. The summed E-state index contributed by atoms with van der Waals surface area (Å²) < 4.78 is 0. The third kappa shape index (κ3) is 6.21. The molecule has 0 fully saturated rings. The van der Waals surface area contributed by atoms with Gasteiger partial charge in [-0.05, 0) is 12.1 Å². The van der Waals surface area contributed by atoms with Crippen LogP contribution in [0.3, 0.4) is 0 Å². The number of carboxylic acids is 1. The Kier molecular flexibility index (Phi) is 6.31. The standard InChI is InChI=1S/C12H19N3O3S/c1-15(2)12(18)14-6-5-13-8-10-4-3-9(19-10)7-11(16)17/h3-4,13H,5-8H2,1-2H3,(H,14,18)(H,16,17). The zero-order valence-electron chi connectivity index (χ0n) is 11.1. The minimum absolute atomic E-state index is 0.0730. The van der Waals surface area contributed by atoms with Gasteiger partial charge in [0.05, 0.1) is 6.42 Å². The third-order valence-electron chi connectivity index (χ3n) is 2.33. The van der Waals surface area contributed by atoms with E-state index in [2.05, 4.69) is 10.6 Å². The minimum Gasteiger partial charge on any atom is -0.481 e. The molecule has 1 rings (SSSR count). The van der Waals surface area contributed by atoms with E-state index >= 15 is 0 Å². The van der Waals surface area contributed by atoms with Crippen LogP contribution in [-0.4, -0.2) is 49.2 Å². The van der Waals surface area contributed by atoms with Crippen molar-refractivity contribution < 1.29 is 14.7 Å². The van der Waals surface area contributed by atoms with Gasteiger partial charge in [-0.25, -0.2) is 4.79 Å². The molecule has 2 amide bonds. The maximum atomic E-state index is 11.2. The Morgan fingerprint density at radius 1 is 1.26 bits per heavy atom. The Morgan fingerprint density at radius 3 is 2.58 bits per heavy atom. The molecule has 0 aliphatic rings. The van der Waals surface area contributed by atoms with Gasteiger partial charge in [0.2, 0.25) is 0 Å². The summed E-state index contributed by atoms with van der Waals surface area (Å²) in [5, 5.41) is 14.6. The summed E-state index contributed by atoms with van der Waals surface area (Å²) in [5.74, 6) is -0.812.